The first kappa shape index (κ1) is 17.9. The predicted molar refractivity (Wildman–Crippen MR) is 97.2 cm³/mol. The fraction of sp³-hybridized carbons (Fsp3) is 0.316. The largest absolute Gasteiger partial charge is 0.493 e. The van der Waals surface area contributed by atoms with Gasteiger partial charge < -0.3 is 30.0 Å². The van der Waals surface area contributed by atoms with E-state index in [1.165, 1.54) is 7.11 Å². The van der Waals surface area contributed by atoms with E-state index in [4.69, 9.17) is 14.2 Å². The van der Waals surface area contributed by atoms with Crippen LogP contribution in [-0.2, 0) is 6.42 Å². The van der Waals surface area contributed by atoms with E-state index in [0.717, 1.165) is 23.3 Å². The number of anilines is 1. The fourth-order valence-corrected chi connectivity index (χ4v) is 2.81. The molecule has 2 aromatic carbocycles. The highest BCUT2D eigenvalue weighted by atomic mass is 16.5. The minimum atomic E-state index is -0.794. The number of aliphatic hydroxyl groups is 1. The molecule has 1 heterocycles. The highest BCUT2D eigenvalue weighted by Gasteiger charge is 2.16. The van der Waals surface area contributed by atoms with Crippen LogP contribution in [0.25, 0.3) is 0 Å². The van der Waals surface area contributed by atoms with E-state index in [0.29, 0.717) is 23.8 Å². The van der Waals surface area contributed by atoms with Crippen LogP contribution in [0, 0.1) is 0 Å². The molecule has 7 nitrogen and oxygen atoms in total. The number of ether oxygens (including phenoxy) is 3. The molecule has 0 radical (unpaired) electrons. The summed E-state index contributed by atoms with van der Waals surface area (Å²) >= 11 is 0. The predicted octanol–water partition coefficient (Wildman–Crippen LogP) is 2.49. The van der Waals surface area contributed by atoms with E-state index in [1.54, 1.807) is 25.3 Å². The molecule has 26 heavy (non-hydrogen) atoms. The van der Waals surface area contributed by atoms with Crippen molar-refractivity contribution >= 4 is 11.7 Å². The van der Waals surface area contributed by atoms with Crippen LogP contribution in [-0.4, -0.2) is 38.5 Å². The number of nitrogens with one attached hydrogen (secondary N) is 2. The first-order valence-electron chi connectivity index (χ1n) is 8.31. The summed E-state index contributed by atoms with van der Waals surface area (Å²) in [6.45, 7) is 0.764. The highest BCUT2D eigenvalue weighted by molar-refractivity contribution is 5.89. The molecule has 1 aliphatic rings. The smallest absolute Gasteiger partial charge is 0.319 e. The molecule has 0 saturated heterocycles. The van der Waals surface area contributed by atoms with Gasteiger partial charge in [-0.2, -0.15) is 0 Å². The summed E-state index contributed by atoms with van der Waals surface area (Å²) in [5.41, 5.74) is 2.39. The molecule has 0 aromatic heterocycles. The Kier molecular flexibility index (Phi) is 5.48. The first-order valence-corrected chi connectivity index (χ1v) is 8.31. The van der Waals surface area contributed by atoms with Gasteiger partial charge >= 0.3 is 6.03 Å². The summed E-state index contributed by atoms with van der Waals surface area (Å²) in [5.74, 6) is 1.96. The zero-order valence-electron chi connectivity index (χ0n) is 14.7. The van der Waals surface area contributed by atoms with Gasteiger partial charge in [-0.05, 0) is 35.4 Å². The monoisotopic (exact) mass is 358 g/mol. The number of carbonyl (C=O) groups is 1. The number of benzene rings is 2. The van der Waals surface area contributed by atoms with Gasteiger partial charge in [0.15, 0.2) is 11.5 Å². The molecular weight excluding hydrogens is 336 g/mol. The molecule has 1 aliphatic heterocycles. The summed E-state index contributed by atoms with van der Waals surface area (Å²) < 4.78 is 15.8. The summed E-state index contributed by atoms with van der Waals surface area (Å²) in [6, 6.07) is 10.2. The van der Waals surface area contributed by atoms with Crippen LogP contribution in [0.15, 0.2) is 36.4 Å². The van der Waals surface area contributed by atoms with Crippen molar-refractivity contribution in [3.63, 3.8) is 0 Å². The van der Waals surface area contributed by atoms with Crippen LogP contribution in [0.2, 0.25) is 0 Å². The van der Waals surface area contributed by atoms with Crippen molar-refractivity contribution in [2.45, 2.75) is 12.5 Å². The number of hydrogen-bond donors (Lipinski definition) is 3. The van der Waals surface area contributed by atoms with Gasteiger partial charge in [0.1, 0.15) is 5.75 Å². The number of amides is 2. The Morgan fingerprint density at radius 3 is 2.77 bits per heavy atom. The van der Waals surface area contributed by atoms with E-state index >= 15 is 0 Å². The number of fused-ring (bicyclic) bond motifs is 1. The molecule has 0 aliphatic carbocycles. The van der Waals surface area contributed by atoms with Crippen molar-refractivity contribution < 1.29 is 24.1 Å². The second-order valence-corrected chi connectivity index (χ2v) is 5.89. The zero-order valence-corrected chi connectivity index (χ0v) is 14.7. The number of rotatable bonds is 6. The van der Waals surface area contributed by atoms with Gasteiger partial charge in [-0.25, -0.2) is 4.79 Å². The quantitative estimate of drug-likeness (QED) is 0.738. The number of carbonyl (C=O) groups excluding carboxylic acids is 1. The molecule has 1 unspecified atom stereocenters. The third kappa shape index (κ3) is 4.00. The topological polar surface area (TPSA) is 89.1 Å². The molecule has 0 bridgehead atoms. The third-order valence-electron chi connectivity index (χ3n) is 4.20. The Morgan fingerprint density at radius 2 is 2.00 bits per heavy atom. The van der Waals surface area contributed by atoms with E-state index < -0.39 is 12.1 Å². The van der Waals surface area contributed by atoms with Crippen LogP contribution in [0.1, 0.15) is 17.2 Å². The van der Waals surface area contributed by atoms with E-state index in [2.05, 4.69) is 10.6 Å². The lowest BCUT2D eigenvalue weighted by molar-refractivity contribution is 0.175. The standard InChI is InChI=1S/C19H22N2O5/c1-24-17-6-4-14(10-18(17)25-2)21-19(23)20-11-15(22)12-3-5-16-13(9-12)7-8-26-16/h3-6,9-10,15,22H,7-8,11H2,1-2H3,(H2,20,21,23). The maximum absolute atomic E-state index is 12.1. The van der Waals surface area contributed by atoms with Crippen LogP contribution < -0.4 is 24.8 Å². The van der Waals surface area contributed by atoms with Gasteiger partial charge in [0.05, 0.1) is 26.9 Å². The van der Waals surface area contributed by atoms with Crippen molar-refractivity contribution in [3.8, 4) is 17.2 Å². The minimum Gasteiger partial charge on any atom is -0.493 e. The maximum atomic E-state index is 12.1. The lowest BCUT2D eigenvalue weighted by atomic mass is 10.0. The molecule has 3 N–H and O–H groups in total. The Labute approximate surface area is 151 Å². The van der Waals surface area contributed by atoms with Crippen molar-refractivity contribution in [3.05, 3.63) is 47.5 Å². The number of hydrogen-bond acceptors (Lipinski definition) is 5. The van der Waals surface area contributed by atoms with E-state index in [-0.39, 0.29) is 6.54 Å². The third-order valence-corrected chi connectivity index (χ3v) is 4.20. The number of methoxy groups -OCH3 is 2. The van der Waals surface area contributed by atoms with Gasteiger partial charge in [-0.15, -0.1) is 0 Å². The van der Waals surface area contributed by atoms with Gasteiger partial charge in [-0.3, -0.25) is 0 Å². The molecule has 0 saturated carbocycles. The van der Waals surface area contributed by atoms with Gasteiger partial charge in [0, 0.05) is 24.7 Å². The SMILES string of the molecule is COc1ccc(NC(=O)NCC(O)c2ccc3c(c2)CCO3)cc1OC. The molecule has 0 spiro atoms. The summed E-state index contributed by atoms with van der Waals surface area (Å²) in [4.78, 5) is 12.1. The van der Waals surface area contributed by atoms with Crippen LogP contribution in [0.3, 0.4) is 0 Å². The maximum Gasteiger partial charge on any atom is 0.319 e. The first-order chi connectivity index (χ1) is 12.6. The van der Waals surface area contributed by atoms with Gasteiger partial charge in [-0.1, -0.05) is 6.07 Å². The molecule has 1 atom stereocenters. The minimum absolute atomic E-state index is 0.0960. The molecule has 138 valence electrons. The van der Waals surface area contributed by atoms with Gasteiger partial charge in [0.25, 0.3) is 0 Å². The van der Waals surface area contributed by atoms with Crippen LogP contribution in [0.5, 0.6) is 17.2 Å². The van der Waals surface area contributed by atoms with Crippen molar-refractivity contribution in [1.29, 1.82) is 0 Å². The second kappa shape index (κ2) is 7.97. The Balaban J connectivity index is 1.55. The average Bonchev–Trinajstić information content (AvgIpc) is 3.13. The van der Waals surface area contributed by atoms with Crippen LogP contribution in [0.4, 0.5) is 10.5 Å². The molecule has 2 amide bonds. The summed E-state index contributed by atoms with van der Waals surface area (Å²) in [7, 11) is 3.07. The summed E-state index contributed by atoms with van der Waals surface area (Å²) in [6.07, 6.45) is 0.0420. The van der Waals surface area contributed by atoms with Crippen molar-refractivity contribution in [2.24, 2.45) is 0 Å². The van der Waals surface area contributed by atoms with E-state index in [1.807, 2.05) is 18.2 Å². The molecule has 7 heteroatoms. The number of urea groups is 1. The van der Waals surface area contributed by atoms with Crippen LogP contribution >= 0.6 is 0 Å². The van der Waals surface area contributed by atoms with Crippen molar-refractivity contribution in [2.75, 3.05) is 32.7 Å². The summed E-state index contributed by atoms with van der Waals surface area (Å²) in [5, 5.41) is 15.7. The average molecular weight is 358 g/mol. The fourth-order valence-electron chi connectivity index (χ4n) is 2.81. The molecule has 3 rings (SSSR count). The lowest BCUT2D eigenvalue weighted by Crippen LogP contribution is -2.32. The second-order valence-electron chi connectivity index (χ2n) is 5.89. The Morgan fingerprint density at radius 1 is 1.19 bits per heavy atom. The Bertz CT molecular complexity index is 793. The number of aliphatic hydroxyl groups excluding tert-OH is 1. The lowest BCUT2D eigenvalue weighted by Gasteiger charge is -2.14. The molecule has 2 aromatic rings. The zero-order chi connectivity index (χ0) is 18.5. The molecular formula is C19H22N2O5. The Hall–Kier alpha value is -2.93. The van der Waals surface area contributed by atoms with Gasteiger partial charge in [0.2, 0.25) is 0 Å². The highest BCUT2D eigenvalue weighted by Crippen LogP contribution is 2.30. The molecule has 0 fully saturated rings. The normalized spacial score (nSPS) is 13.3. The van der Waals surface area contributed by atoms with Crippen molar-refractivity contribution in [1.82, 2.24) is 5.32 Å². The van der Waals surface area contributed by atoms with E-state index in [9.17, 15) is 9.90 Å².